The van der Waals surface area contributed by atoms with Gasteiger partial charge in [0, 0.05) is 42.5 Å². The van der Waals surface area contributed by atoms with Crippen LogP contribution < -0.4 is 14.8 Å². The number of likely N-dealkylation sites (N-methyl/N-ethyl adjacent to an activating group) is 1. The second-order valence-corrected chi connectivity index (χ2v) is 9.21. The molecule has 0 saturated carbocycles. The lowest BCUT2D eigenvalue weighted by Gasteiger charge is -2.23. The molecular formula is C27H30N6O3. The van der Waals surface area contributed by atoms with Crippen LogP contribution in [0.5, 0.6) is 11.6 Å². The average molecular weight is 487 g/mol. The molecule has 9 nitrogen and oxygen atoms in total. The number of benzene rings is 1. The van der Waals surface area contributed by atoms with E-state index in [-0.39, 0.29) is 6.10 Å². The quantitative estimate of drug-likeness (QED) is 0.527. The summed E-state index contributed by atoms with van der Waals surface area (Å²) in [6, 6.07) is 13.7. The maximum Gasteiger partial charge on any atom is 0.218 e. The summed E-state index contributed by atoms with van der Waals surface area (Å²) in [7, 11) is 3.79. The lowest BCUT2D eigenvalue weighted by molar-refractivity contribution is 0.0254. The first kappa shape index (κ1) is 24.0. The SMILES string of the molecule is COc1nc(Nc2cc(-c3ccc(OC4CCOCC4)c(C#N)c3)ncn2)ccc1C1CCN(C)C1. The highest BCUT2D eigenvalue weighted by atomic mass is 16.5. The molecule has 9 heteroatoms. The minimum Gasteiger partial charge on any atom is -0.489 e. The molecule has 2 fully saturated rings. The number of likely N-dealkylation sites (tertiary alicyclic amines) is 1. The Morgan fingerprint density at radius 3 is 2.69 bits per heavy atom. The van der Waals surface area contributed by atoms with Crippen LogP contribution in [-0.2, 0) is 4.74 Å². The van der Waals surface area contributed by atoms with Gasteiger partial charge in [-0.1, -0.05) is 0 Å². The summed E-state index contributed by atoms with van der Waals surface area (Å²) in [4.78, 5) is 15.8. The first-order chi connectivity index (χ1) is 17.6. The van der Waals surface area contributed by atoms with E-state index in [0.29, 0.717) is 53.7 Å². The molecule has 0 amide bonds. The number of nitriles is 1. The number of hydrogen-bond acceptors (Lipinski definition) is 9. The Labute approximate surface area is 211 Å². The normalized spacial score (nSPS) is 18.5. The summed E-state index contributed by atoms with van der Waals surface area (Å²) in [6.07, 6.45) is 4.31. The third-order valence-electron chi connectivity index (χ3n) is 6.70. The smallest absolute Gasteiger partial charge is 0.218 e. The van der Waals surface area contributed by atoms with Crippen LogP contribution in [0.1, 0.15) is 36.3 Å². The third-order valence-corrected chi connectivity index (χ3v) is 6.70. The zero-order valence-electron chi connectivity index (χ0n) is 20.6. The van der Waals surface area contributed by atoms with Gasteiger partial charge in [0.05, 0.1) is 31.6 Å². The van der Waals surface area contributed by atoms with E-state index in [9.17, 15) is 5.26 Å². The maximum absolute atomic E-state index is 9.71. The Morgan fingerprint density at radius 2 is 1.94 bits per heavy atom. The van der Waals surface area contributed by atoms with Gasteiger partial charge in [0.2, 0.25) is 5.88 Å². The fourth-order valence-corrected chi connectivity index (χ4v) is 4.75. The molecule has 1 aromatic carbocycles. The summed E-state index contributed by atoms with van der Waals surface area (Å²) >= 11 is 0. The van der Waals surface area contributed by atoms with E-state index in [0.717, 1.165) is 43.5 Å². The number of anilines is 2. The molecule has 2 aliphatic heterocycles. The molecule has 1 atom stereocenters. The molecule has 186 valence electrons. The summed E-state index contributed by atoms with van der Waals surface area (Å²) in [5, 5.41) is 13.0. The van der Waals surface area contributed by atoms with E-state index in [4.69, 9.17) is 14.2 Å². The summed E-state index contributed by atoms with van der Waals surface area (Å²) in [5.41, 5.74) is 3.11. The average Bonchev–Trinajstić information content (AvgIpc) is 3.35. The Kier molecular flexibility index (Phi) is 7.26. The van der Waals surface area contributed by atoms with Gasteiger partial charge in [0.25, 0.3) is 0 Å². The van der Waals surface area contributed by atoms with Crippen LogP contribution in [0.15, 0.2) is 42.7 Å². The number of ether oxygens (including phenoxy) is 3. The van der Waals surface area contributed by atoms with Gasteiger partial charge >= 0.3 is 0 Å². The fourth-order valence-electron chi connectivity index (χ4n) is 4.75. The molecule has 0 radical (unpaired) electrons. The van der Waals surface area contributed by atoms with Crippen molar-refractivity contribution in [2.24, 2.45) is 0 Å². The number of methoxy groups -OCH3 is 1. The summed E-state index contributed by atoms with van der Waals surface area (Å²) < 4.78 is 17.1. The number of aromatic nitrogens is 3. The van der Waals surface area contributed by atoms with Gasteiger partial charge in [-0.25, -0.2) is 9.97 Å². The molecule has 5 rings (SSSR count). The Hall–Kier alpha value is -3.74. The number of nitrogens with zero attached hydrogens (tertiary/aromatic N) is 5. The molecule has 2 saturated heterocycles. The molecular weight excluding hydrogens is 456 g/mol. The monoisotopic (exact) mass is 486 g/mol. The molecule has 1 N–H and O–H groups in total. The number of pyridine rings is 1. The first-order valence-electron chi connectivity index (χ1n) is 12.2. The van der Waals surface area contributed by atoms with Gasteiger partial charge in [0.1, 0.15) is 35.9 Å². The first-order valence-corrected chi connectivity index (χ1v) is 12.2. The van der Waals surface area contributed by atoms with E-state index in [2.05, 4.69) is 44.4 Å². The van der Waals surface area contributed by atoms with E-state index < -0.39 is 0 Å². The number of nitrogens with one attached hydrogen (secondary N) is 1. The predicted molar refractivity (Wildman–Crippen MR) is 136 cm³/mol. The Morgan fingerprint density at radius 1 is 1.08 bits per heavy atom. The van der Waals surface area contributed by atoms with E-state index in [1.807, 2.05) is 24.3 Å². The Balaban J connectivity index is 1.33. The van der Waals surface area contributed by atoms with Crippen LogP contribution in [-0.4, -0.2) is 66.4 Å². The van der Waals surface area contributed by atoms with E-state index in [1.54, 1.807) is 13.2 Å². The summed E-state index contributed by atoms with van der Waals surface area (Å²) in [6.45, 7) is 3.45. The standard InChI is InChI=1S/C27H30N6O3/c1-33-10-7-19(16-33)22-4-6-25(32-27(22)34-2)31-26-14-23(29-17-30-26)18-3-5-24(20(13-18)15-28)36-21-8-11-35-12-9-21/h3-6,13-14,17,19,21H,7-12,16H2,1-2H3,(H,29,30,31,32). The van der Waals surface area contributed by atoms with Crippen molar-refractivity contribution in [1.29, 1.82) is 5.26 Å². The van der Waals surface area contributed by atoms with Crippen molar-refractivity contribution in [3.8, 4) is 29.0 Å². The summed E-state index contributed by atoms with van der Waals surface area (Å²) in [5.74, 6) is 2.89. The molecule has 3 aromatic rings. The molecule has 1 unspecified atom stereocenters. The third kappa shape index (κ3) is 5.40. The molecule has 2 aliphatic rings. The molecule has 4 heterocycles. The highest BCUT2D eigenvalue weighted by Crippen LogP contribution is 2.33. The van der Waals surface area contributed by atoms with E-state index in [1.165, 1.54) is 6.33 Å². The lowest BCUT2D eigenvalue weighted by atomic mass is 9.99. The van der Waals surface area contributed by atoms with Crippen molar-refractivity contribution in [2.45, 2.75) is 31.3 Å². The van der Waals surface area contributed by atoms with Gasteiger partial charge in [-0.15, -0.1) is 0 Å². The molecule has 0 spiro atoms. The largest absolute Gasteiger partial charge is 0.489 e. The molecule has 0 aliphatic carbocycles. The highest BCUT2D eigenvalue weighted by Gasteiger charge is 2.25. The van der Waals surface area contributed by atoms with Gasteiger partial charge in [-0.05, 0) is 50.3 Å². The van der Waals surface area contributed by atoms with Crippen LogP contribution in [0, 0.1) is 11.3 Å². The number of rotatable bonds is 7. The maximum atomic E-state index is 9.71. The topological polar surface area (TPSA) is 105 Å². The van der Waals surface area contributed by atoms with Crippen molar-refractivity contribution < 1.29 is 14.2 Å². The van der Waals surface area contributed by atoms with Gasteiger partial charge < -0.3 is 24.4 Å². The van der Waals surface area contributed by atoms with Crippen LogP contribution in [0.2, 0.25) is 0 Å². The lowest BCUT2D eigenvalue weighted by Crippen LogP contribution is -2.26. The van der Waals surface area contributed by atoms with Crippen molar-refractivity contribution in [2.75, 3.05) is 45.8 Å². The van der Waals surface area contributed by atoms with Crippen LogP contribution in [0.3, 0.4) is 0 Å². The molecule has 36 heavy (non-hydrogen) atoms. The van der Waals surface area contributed by atoms with E-state index >= 15 is 0 Å². The fraction of sp³-hybridized carbons (Fsp3) is 0.407. The second-order valence-electron chi connectivity index (χ2n) is 9.21. The zero-order chi connectivity index (χ0) is 24.9. The van der Waals surface area contributed by atoms with Crippen molar-refractivity contribution >= 4 is 11.6 Å². The Bertz CT molecular complexity index is 1250. The van der Waals surface area contributed by atoms with Crippen LogP contribution >= 0.6 is 0 Å². The second kappa shape index (κ2) is 10.9. The minimum absolute atomic E-state index is 0.0667. The molecule has 0 bridgehead atoms. The highest BCUT2D eigenvalue weighted by molar-refractivity contribution is 5.67. The van der Waals surface area contributed by atoms with Gasteiger partial charge in [0.15, 0.2) is 0 Å². The van der Waals surface area contributed by atoms with Gasteiger partial charge in [-0.2, -0.15) is 10.2 Å². The molecule has 2 aromatic heterocycles. The predicted octanol–water partition coefficient (Wildman–Crippen LogP) is 4.14. The van der Waals surface area contributed by atoms with Crippen molar-refractivity contribution in [3.63, 3.8) is 0 Å². The van der Waals surface area contributed by atoms with Crippen molar-refractivity contribution in [3.05, 3.63) is 53.9 Å². The van der Waals surface area contributed by atoms with Crippen LogP contribution in [0.4, 0.5) is 11.6 Å². The zero-order valence-corrected chi connectivity index (χ0v) is 20.6. The minimum atomic E-state index is 0.0667. The van der Waals surface area contributed by atoms with Gasteiger partial charge in [-0.3, -0.25) is 0 Å². The number of hydrogen-bond donors (Lipinski definition) is 1. The van der Waals surface area contributed by atoms with Crippen LogP contribution in [0.25, 0.3) is 11.3 Å². The van der Waals surface area contributed by atoms with Crippen molar-refractivity contribution in [1.82, 2.24) is 19.9 Å².